The second kappa shape index (κ2) is 6.00. The minimum absolute atomic E-state index is 0. The van der Waals surface area contributed by atoms with Crippen molar-refractivity contribution in [2.45, 2.75) is 0 Å². The summed E-state index contributed by atoms with van der Waals surface area (Å²) in [4.78, 5) is 25.6. The second-order valence-corrected chi connectivity index (χ2v) is 1.34. The fourth-order valence-corrected chi connectivity index (χ4v) is 0. The molecule has 0 spiro atoms. The molecular weight excluding hydrogens is 277 g/mol. The first kappa shape index (κ1) is 15.9. The van der Waals surface area contributed by atoms with Gasteiger partial charge in [-0.2, -0.15) is 7.82 Å². The third-order valence-electron chi connectivity index (χ3n) is 0. The monoisotopic (exact) mass is 275 g/mol. The maximum absolute atomic E-state index is 8.55. The molecule has 32 valence electrons. The van der Waals surface area contributed by atoms with Crippen molar-refractivity contribution in [1.29, 1.82) is 0 Å². The van der Waals surface area contributed by atoms with Crippen molar-refractivity contribution in [2.75, 3.05) is 0 Å². The second-order valence-electron chi connectivity index (χ2n) is 0.447. The Morgan fingerprint density at radius 2 is 1.00 bits per heavy atom. The van der Waals surface area contributed by atoms with Crippen LogP contribution >= 0.6 is 7.82 Å². The summed E-state index contributed by atoms with van der Waals surface area (Å²) >= 11 is 0. The van der Waals surface area contributed by atoms with Crippen LogP contribution in [0.1, 0.15) is 0 Å². The average molecular weight is 277 g/mol. The Morgan fingerprint density at radius 3 is 1.00 bits per heavy atom. The predicted molar refractivity (Wildman–Crippen MR) is 7.61 cm³/mol. The van der Waals surface area contributed by atoms with Crippen LogP contribution in [0, 0.1) is 0 Å². The third kappa shape index (κ3) is 77.3. The molecule has 4 nitrogen and oxygen atoms in total. The zero-order chi connectivity index (χ0) is 4.50. The fourth-order valence-electron chi connectivity index (χ4n) is 0. The molecule has 0 unspecified atom stereocenters. The molecule has 0 heterocycles. The van der Waals surface area contributed by atoms with Crippen LogP contribution in [0.2, 0.25) is 0 Å². The standard InChI is InChI=1S/H3O4P.2Zr/c1-5(2,3)4;;/h(H3,1,2,3,4);;/q;2*+4/p-3. The van der Waals surface area contributed by atoms with E-state index >= 15 is 0 Å². The summed E-state index contributed by atoms with van der Waals surface area (Å²) in [7, 11) is -5.39. The van der Waals surface area contributed by atoms with Crippen LogP contribution in [0.15, 0.2) is 0 Å². The molecule has 7 heavy (non-hydrogen) atoms. The first-order valence-corrected chi connectivity index (χ1v) is 2.19. The summed E-state index contributed by atoms with van der Waals surface area (Å²) in [5.74, 6) is 0. The van der Waals surface area contributed by atoms with E-state index in [0.29, 0.717) is 0 Å². The maximum Gasteiger partial charge on any atom is 4.00 e. The molecule has 0 saturated heterocycles. The molecule has 0 aromatic heterocycles. The van der Waals surface area contributed by atoms with Crippen LogP contribution in [-0.2, 0) is 57.0 Å². The van der Waals surface area contributed by atoms with Crippen molar-refractivity contribution in [3.8, 4) is 0 Å². The van der Waals surface area contributed by atoms with Crippen molar-refractivity contribution in [3.05, 3.63) is 0 Å². The van der Waals surface area contributed by atoms with Crippen LogP contribution in [0.25, 0.3) is 0 Å². The number of hydrogen-bond acceptors (Lipinski definition) is 4. The molecule has 0 aromatic rings. The number of rotatable bonds is 0. The van der Waals surface area contributed by atoms with Crippen LogP contribution < -0.4 is 14.7 Å². The van der Waals surface area contributed by atoms with Gasteiger partial charge in [-0.1, -0.05) is 0 Å². The van der Waals surface area contributed by atoms with Gasteiger partial charge in [-0.15, -0.1) is 0 Å². The third-order valence-corrected chi connectivity index (χ3v) is 0. The molecule has 0 aliphatic carbocycles. The molecule has 0 saturated carbocycles. The molecule has 0 aromatic carbocycles. The van der Waals surface area contributed by atoms with Gasteiger partial charge in [0.2, 0.25) is 0 Å². The summed E-state index contributed by atoms with van der Waals surface area (Å²) in [6.07, 6.45) is 0. The van der Waals surface area contributed by atoms with Gasteiger partial charge in [0.1, 0.15) is 0 Å². The van der Waals surface area contributed by atoms with Crippen molar-refractivity contribution in [1.82, 2.24) is 0 Å². The van der Waals surface area contributed by atoms with Crippen molar-refractivity contribution >= 4 is 7.82 Å². The smallest absolute Gasteiger partial charge is 0.822 e. The van der Waals surface area contributed by atoms with Crippen molar-refractivity contribution in [2.24, 2.45) is 0 Å². The van der Waals surface area contributed by atoms with E-state index in [1.807, 2.05) is 0 Å². The van der Waals surface area contributed by atoms with E-state index in [2.05, 4.69) is 0 Å². The van der Waals surface area contributed by atoms with Crippen LogP contribution in [0.4, 0.5) is 0 Å². The van der Waals surface area contributed by atoms with E-state index in [1.165, 1.54) is 0 Å². The Hall–Kier alpha value is 1.88. The van der Waals surface area contributed by atoms with Crippen molar-refractivity contribution < 1.29 is 71.7 Å². The van der Waals surface area contributed by atoms with Gasteiger partial charge in [-0.25, -0.2) is 0 Å². The Morgan fingerprint density at radius 1 is 1.00 bits per heavy atom. The molecular formula is O4PZr2+5. The minimum atomic E-state index is -5.39. The first-order valence-electron chi connectivity index (χ1n) is 0.730. The zero-order valence-electron chi connectivity index (χ0n) is 3.08. The SMILES string of the molecule is O=P([O-])([O-])[O-].[Zr+4].[Zr+4]. The van der Waals surface area contributed by atoms with Crippen molar-refractivity contribution in [3.63, 3.8) is 0 Å². The Labute approximate surface area is 78.8 Å². The summed E-state index contributed by atoms with van der Waals surface area (Å²) in [5.41, 5.74) is 0. The minimum Gasteiger partial charge on any atom is -0.822 e. The quantitative estimate of drug-likeness (QED) is 0.447. The maximum atomic E-state index is 8.55. The molecule has 0 fully saturated rings. The largest absolute Gasteiger partial charge is 4.00 e. The summed E-state index contributed by atoms with van der Waals surface area (Å²) in [5, 5.41) is 0. The molecule has 7 heteroatoms. The average Bonchev–Trinajstić information content (AvgIpc) is 0.722. The summed E-state index contributed by atoms with van der Waals surface area (Å²) in [6, 6.07) is 0. The van der Waals surface area contributed by atoms with Gasteiger partial charge >= 0.3 is 52.4 Å². The number of hydrogen-bond donors (Lipinski definition) is 0. The molecule has 0 aliphatic heterocycles. The Balaban J connectivity index is -0.0000000800. The van der Waals surface area contributed by atoms with Gasteiger partial charge < -0.3 is 19.2 Å². The molecule has 0 N–H and O–H groups in total. The molecule has 0 rings (SSSR count). The molecule has 0 bridgehead atoms. The van der Waals surface area contributed by atoms with E-state index in [4.69, 9.17) is 19.2 Å². The van der Waals surface area contributed by atoms with Crippen LogP contribution in [-0.4, -0.2) is 0 Å². The number of phosphoric acid groups is 1. The van der Waals surface area contributed by atoms with Gasteiger partial charge in [0.05, 0.1) is 0 Å². The van der Waals surface area contributed by atoms with Gasteiger partial charge in [-0.05, 0) is 0 Å². The molecule has 0 amide bonds. The zero-order valence-corrected chi connectivity index (χ0v) is 8.89. The van der Waals surface area contributed by atoms with Gasteiger partial charge in [0, 0.05) is 0 Å². The topological polar surface area (TPSA) is 86.2 Å². The van der Waals surface area contributed by atoms with E-state index in [0.717, 1.165) is 0 Å². The van der Waals surface area contributed by atoms with Gasteiger partial charge in [0.25, 0.3) is 0 Å². The predicted octanol–water partition coefficient (Wildman–Crippen LogP) is -2.83. The van der Waals surface area contributed by atoms with E-state index < -0.39 is 7.82 Å². The van der Waals surface area contributed by atoms with E-state index in [9.17, 15) is 0 Å². The molecule has 0 radical (unpaired) electrons. The Kier molecular flexibility index (Phi) is 13.7. The van der Waals surface area contributed by atoms with E-state index in [-0.39, 0.29) is 52.4 Å². The summed E-state index contributed by atoms with van der Waals surface area (Å²) in [6.45, 7) is 0. The molecule has 0 aliphatic rings. The molecule has 0 atom stereocenters. The van der Waals surface area contributed by atoms with Crippen LogP contribution in [0.5, 0.6) is 0 Å². The Bertz CT molecular complexity index is 55.8. The van der Waals surface area contributed by atoms with Crippen LogP contribution in [0.3, 0.4) is 0 Å². The normalized spacial score (nSPS) is 8.43. The summed E-state index contributed by atoms with van der Waals surface area (Å²) < 4.78 is 8.55. The van der Waals surface area contributed by atoms with Gasteiger partial charge in [0.15, 0.2) is 0 Å². The van der Waals surface area contributed by atoms with E-state index in [1.54, 1.807) is 0 Å². The fraction of sp³-hybridized carbons (Fsp3) is 0. The van der Waals surface area contributed by atoms with Gasteiger partial charge in [-0.3, -0.25) is 0 Å². The first-order chi connectivity index (χ1) is 2.00.